The molecule has 5 nitrogen and oxygen atoms in total. The summed E-state index contributed by atoms with van der Waals surface area (Å²) in [5, 5.41) is 5.59. The number of nitrogens with one attached hydrogen (secondary N) is 2. The van der Waals surface area contributed by atoms with Crippen LogP contribution in [0.5, 0.6) is 5.75 Å². The molecule has 19 heavy (non-hydrogen) atoms. The van der Waals surface area contributed by atoms with Gasteiger partial charge in [-0.3, -0.25) is 9.59 Å². The van der Waals surface area contributed by atoms with Gasteiger partial charge in [-0.15, -0.1) is 0 Å². The van der Waals surface area contributed by atoms with E-state index < -0.39 is 5.41 Å². The van der Waals surface area contributed by atoms with E-state index in [0.717, 1.165) is 0 Å². The van der Waals surface area contributed by atoms with E-state index in [1.54, 1.807) is 25.1 Å². The zero-order valence-electron chi connectivity index (χ0n) is 11.4. The Labute approximate surface area is 112 Å². The summed E-state index contributed by atoms with van der Waals surface area (Å²) >= 11 is 0. The van der Waals surface area contributed by atoms with Crippen LogP contribution in [0.3, 0.4) is 0 Å². The van der Waals surface area contributed by atoms with Gasteiger partial charge in [0.2, 0.25) is 11.8 Å². The Bertz CT molecular complexity index is 523. The molecule has 0 saturated heterocycles. The van der Waals surface area contributed by atoms with Gasteiger partial charge in [-0.25, -0.2) is 0 Å². The molecule has 1 aromatic rings. The molecule has 102 valence electrons. The van der Waals surface area contributed by atoms with Crippen LogP contribution >= 0.6 is 0 Å². The zero-order chi connectivity index (χ0) is 14.0. The molecule has 1 aliphatic rings. The fourth-order valence-corrected chi connectivity index (χ4v) is 1.69. The molecule has 2 N–H and O–H groups in total. The van der Waals surface area contributed by atoms with Gasteiger partial charge >= 0.3 is 0 Å². The van der Waals surface area contributed by atoms with E-state index in [2.05, 4.69) is 10.6 Å². The molecular formula is C14H18N2O3. The van der Waals surface area contributed by atoms with Crippen molar-refractivity contribution in [1.82, 2.24) is 0 Å². The molecule has 1 aromatic carbocycles. The van der Waals surface area contributed by atoms with E-state index in [1.165, 1.54) is 0 Å². The van der Waals surface area contributed by atoms with Gasteiger partial charge in [0.1, 0.15) is 12.4 Å². The quantitative estimate of drug-likeness (QED) is 0.860. The van der Waals surface area contributed by atoms with E-state index >= 15 is 0 Å². The minimum absolute atomic E-state index is 0.0575. The van der Waals surface area contributed by atoms with Crippen LogP contribution in [-0.2, 0) is 9.59 Å². The third-order valence-corrected chi connectivity index (χ3v) is 3.04. The number of fused-ring (bicyclic) bond motifs is 1. The van der Waals surface area contributed by atoms with Crippen LogP contribution in [0.4, 0.5) is 11.4 Å². The van der Waals surface area contributed by atoms with E-state index in [-0.39, 0.29) is 11.8 Å². The van der Waals surface area contributed by atoms with Crippen LogP contribution in [0, 0.1) is 5.41 Å². The van der Waals surface area contributed by atoms with E-state index in [0.29, 0.717) is 30.2 Å². The first-order valence-electron chi connectivity index (χ1n) is 6.30. The summed E-state index contributed by atoms with van der Waals surface area (Å²) in [6, 6.07) is 5.21. The summed E-state index contributed by atoms with van der Waals surface area (Å²) in [5.41, 5.74) is 0.718. The number of hydrogen-bond donors (Lipinski definition) is 2. The number of carbonyl (C=O) groups excluding carboxylic acids is 2. The second kappa shape index (κ2) is 4.91. The summed E-state index contributed by atoms with van der Waals surface area (Å²) in [7, 11) is 0. The number of benzene rings is 1. The number of rotatable bonds is 2. The van der Waals surface area contributed by atoms with Gasteiger partial charge in [0.15, 0.2) is 0 Å². The number of amides is 2. The first-order chi connectivity index (χ1) is 8.92. The molecule has 0 bridgehead atoms. The Balaban J connectivity index is 2.25. The van der Waals surface area contributed by atoms with Crippen LogP contribution < -0.4 is 15.4 Å². The van der Waals surface area contributed by atoms with Gasteiger partial charge in [-0.1, -0.05) is 6.92 Å². The summed E-state index contributed by atoms with van der Waals surface area (Å²) in [6.07, 6.45) is 0.418. The van der Waals surface area contributed by atoms with Crippen molar-refractivity contribution in [2.75, 3.05) is 17.2 Å². The highest BCUT2D eigenvalue weighted by Crippen LogP contribution is 2.34. The molecule has 2 amide bonds. The summed E-state index contributed by atoms with van der Waals surface area (Å²) in [5.74, 6) is 0.447. The molecule has 0 atom stereocenters. The molecule has 0 radical (unpaired) electrons. The fraction of sp³-hybridized carbons (Fsp3) is 0.429. The first kappa shape index (κ1) is 13.4. The van der Waals surface area contributed by atoms with Gasteiger partial charge in [0, 0.05) is 18.2 Å². The van der Waals surface area contributed by atoms with E-state index in [4.69, 9.17) is 4.74 Å². The maximum Gasteiger partial charge on any atom is 0.233 e. The molecule has 1 heterocycles. The number of ether oxygens (including phenoxy) is 1. The van der Waals surface area contributed by atoms with Crippen LogP contribution in [0.25, 0.3) is 0 Å². The van der Waals surface area contributed by atoms with E-state index in [1.807, 2.05) is 13.8 Å². The lowest BCUT2D eigenvalue weighted by Crippen LogP contribution is -2.33. The lowest BCUT2D eigenvalue weighted by molar-refractivity contribution is -0.125. The normalized spacial score (nSPS) is 16.7. The van der Waals surface area contributed by atoms with Gasteiger partial charge < -0.3 is 15.4 Å². The monoisotopic (exact) mass is 262 g/mol. The lowest BCUT2D eigenvalue weighted by atomic mass is 9.94. The Morgan fingerprint density at radius 3 is 2.89 bits per heavy atom. The molecule has 0 spiro atoms. The third-order valence-electron chi connectivity index (χ3n) is 3.04. The standard InChI is InChI=1S/C14H18N2O3/c1-4-12(17)15-9-5-6-10-11(7-9)19-8-14(2,3)13(18)16-10/h5-7H,4,8H2,1-3H3,(H,15,17)(H,16,18). The molecule has 2 rings (SSSR count). The average molecular weight is 262 g/mol. The summed E-state index contributed by atoms with van der Waals surface area (Å²) in [4.78, 5) is 23.3. The number of carbonyl (C=O) groups is 2. The minimum atomic E-state index is -0.578. The van der Waals surface area contributed by atoms with Gasteiger partial charge in [-0.05, 0) is 26.0 Å². The second-order valence-corrected chi connectivity index (χ2v) is 5.24. The molecule has 1 aliphatic heterocycles. The van der Waals surface area contributed by atoms with E-state index in [9.17, 15) is 9.59 Å². The predicted octanol–water partition coefficient (Wildman–Crippen LogP) is 2.39. The Hall–Kier alpha value is -2.04. The maximum atomic E-state index is 11.9. The van der Waals surface area contributed by atoms with Crippen molar-refractivity contribution in [2.24, 2.45) is 5.41 Å². The molecule has 0 fully saturated rings. The van der Waals surface area contributed by atoms with Crippen molar-refractivity contribution in [1.29, 1.82) is 0 Å². The Kier molecular flexibility index (Phi) is 3.46. The minimum Gasteiger partial charge on any atom is -0.490 e. The van der Waals surface area contributed by atoms with Crippen molar-refractivity contribution in [2.45, 2.75) is 27.2 Å². The van der Waals surface area contributed by atoms with Crippen molar-refractivity contribution in [3.8, 4) is 5.75 Å². The van der Waals surface area contributed by atoms with Gasteiger partial charge in [0.05, 0.1) is 11.1 Å². The first-order valence-corrected chi connectivity index (χ1v) is 6.30. The SMILES string of the molecule is CCC(=O)Nc1ccc2c(c1)OCC(C)(C)C(=O)N2. The third kappa shape index (κ3) is 2.86. The fourth-order valence-electron chi connectivity index (χ4n) is 1.69. The van der Waals surface area contributed by atoms with Gasteiger partial charge in [0.25, 0.3) is 0 Å². The van der Waals surface area contributed by atoms with Crippen molar-refractivity contribution < 1.29 is 14.3 Å². The lowest BCUT2D eigenvalue weighted by Gasteiger charge is -2.18. The second-order valence-electron chi connectivity index (χ2n) is 5.24. The van der Waals surface area contributed by atoms with Crippen LogP contribution in [0.15, 0.2) is 18.2 Å². The number of anilines is 2. The highest BCUT2D eigenvalue weighted by molar-refractivity contribution is 5.98. The Morgan fingerprint density at radius 1 is 1.47 bits per heavy atom. The molecule has 5 heteroatoms. The maximum absolute atomic E-state index is 11.9. The predicted molar refractivity (Wildman–Crippen MR) is 73.3 cm³/mol. The Morgan fingerprint density at radius 2 is 2.21 bits per heavy atom. The van der Waals surface area contributed by atoms with Crippen LogP contribution in [0.1, 0.15) is 27.2 Å². The van der Waals surface area contributed by atoms with Crippen molar-refractivity contribution in [3.05, 3.63) is 18.2 Å². The molecular weight excluding hydrogens is 244 g/mol. The van der Waals surface area contributed by atoms with Crippen molar-refractivity contribution in [3.63, 3.8) is 0 Å². The molecule has 0 aromatic heterocycles. The summed E-state index contributed by atoms with van der Waals surface area (Å²) in [6.45, 7) is 5.75. The number of hydrogen-bond acceptors (Lipinski definition) is 3. The highest BCUT2D eigenvalue weighted by Gasteiger charge is 2.32. The average Bonchev–Trinajstić information content (AvgIpc) is 2.48. The summed E-state index contributed by atoms with van der Waals surface area (Å²) < 4.78 is 5.66. The molecule has 0 aliphatic carbocycles. The van der Waals surface area contributed by atoms with Gasteiger partial charge in [-0.2, -0.15) is 0 Å². The zero-order valence-corrected chi connectivity index (χ0v) is 11.4. The molecule has 0 saturated carbocycles. The van der Waals surface area contributed by atoms with Crippen LogP contribution in [-0.4, -0.2) is 18.4 Å². The molecule has 0 unspecified atom stereocenters. The van der Waals surface area contributed by atoms with Crippen LogP contribution in [0.2, 0.25) is 0 Å². The highest BCUT2D eigenvalue weighted by atomic mass is 16.5. The topological polar surface area (TPSA) is 67.4 Å². The smallest absolute Gasteiger partial charge is 0.233 e. The largest absolute Gasteiger partial charge is 0.490 e. The van der Waals surface area contributed by atoms with Crippen molar-refractivity contribution >= 4 is 23.2 Å².